The number of hydrogen-bond acceptors (Lipinski definition) is 5. The van der Waals surface area contributed by atoms with Crippen LogP contribution in [-0.2, 0) is 6.54 Å². The molecule has 4 nitrogen and oxygen atoms in total. The zero-order valence-corrected chi connectivity index (χ0v) is 16.3. The Hall–Kier alpha value is -2.70. The van der Waals surface area contributed by atoms with Crippen molar-refractivity contribution >= 4 is 44.4 Å². The highest BCUT2D eigenvalue weighted by Gasteiger charge is 2.22. The number of fused-ring (bicyclic) bond motifs is 1. The van der Waals surface area contributed by atoms with Gasteiger partial charge in [0.05, 0.1) is 22.5 Å². The van der Waals surface area contributed by atoms with Crippen LogP contribution in [0.3, 0.4) is 0 Å². The molecule has 0 aliphatic heterocycles. The average Bonchev–Trinajstić information content (AvgIpc) is 3.16. The van der Waals surface area contributed by atoms with Gasteiger partial charge in [-0.3, -0.25) is 14.7 Å². The van der Waals surface area contributed by atoms with Crippen LogP contribution in [-0.4, -0.2) is 22.1 Å². The summed E-state index contributed by atoms with van der Waals surface area (Å²) >= 11 is 3.14. The summed E-state index contributed by atoms with van der Waals surface area (Å²) < 4.78 is 1.06. The van der Waals surface area contributed by atoms with E-state index in [0.717, 1.165) is 20.8 Å². The third-order valence-electron chi connectivity index (χ3n) is 4.12. The van der Waals surface area contributed by atoms with Crippen molar-refractivity contribution in [1.82, 2.24) is 9.97 Å². The van der Waals surface area contributed by atoms with Gasteiger partial charge in [-0.1, -0.05) is 35.6 Å². The molecule has 2 heterocycles. The van der Waals surface area contributed by atoms with Crippen LogP contribution in [0.15, 0.2) is 77.8 Å². The highest BCUT2D eigenvalue weighted by atomic mass is 32.2. The molecule has 0 aliphatic rings. The summed E-state index contributed by atoms with van der Waals surface area (Å²) in [6.45, 7) is 0.378. The number of anilines is 1. The maximum Gasteiger partial charge on any atom is 0.260 e. The Labute approximate surface area is 165 Å². The van der Waals surface area contributed by atoms with Gasteiger partial charge in [0, 0.05) is 16.7 Å². The number of rotatable bonds is 5. The van der Waals surface area contributed by atoms with Crippen molar-refractivity contribution in [2.24, 2.45) is 0 Å². The molecule has 4 rings (SSSR count). The highest BCUT2D eigenvalue weighted by molar-refractivity contribution is 7.98. The summed E-state index contributed by atoms with van der Waals surface area (Å²) in [4.78, 5) is 25.2. The van der Waals surface area contributed by atoms with Crippen LogP contribution in [0, 0.1) is 0 Å². The third-order valence-corrected chi connectivity index (χ3v) is 5.91. The van der Waals surface area contributed by atoms with Gasteiger partial charge in [-0.25, -0.2) is 4.98 Å². The predicted molar refractivity (Wildman–Crippen MR) is 113 cm³/mol. The quantitative estimate of drug-likeness (QED) is 0.435. The van der Waals surface area contributed by atoms with E-state index in [4.69, 9.17) is 0 Å². The summed E-state index contributed by atoms with van der Waals surface area (Å²) in [5, 5.41) is 0.682. The second kappa shape index (κ2) is 7.90. The van der Waals surface area contributed by atoms with Crippen molar-refractivity contribution in [3.05, 3.63) is 84.2 Å². The highest BCUT2D eigenvalue weighted by Crippen LogP contribution is 2.31. The van der Waals surface area contributed by atoms with Crippen LogP contribution in [0.1, 0.15) is 16.1 Å². The molecule has 0 fully saturated rings. The first-order valence-electron chi connectivity index (χ1n) is 8.46. The van der Waals surface area contributed by atoms with E-state index in [9.17, 15) is 4.79 Å². The first-order chi connectivity index (χ1) is 13.2. The van der Waals surface area contributed by atoms with Gasteiger partial charge in [-0.2, -0.15) is 0 Å². The Bertz CT molecular complexity index is 1050. The van der Waals surface area contributed by atoms with E-state index in [2.05, 4.69) is 9.97 Å². The molecule has 0 saturated carbocycles. The van der Waals surface area contributed by atoms with Gasteiger partial charge in [-0.05, 0) is 48.7 Å². The lowest BCUT2D eigenvalue weighted by Crippen LogP contribution is -2.30. The second-order valence-electron chi connectivity index (χ2n) is 5.91. The molecule has 1 amide bonds. The number of para-hydroxylation sites is 1. The Kier molecular flexibility index (Phi) is 5.18. The fraction of sp³-hybridized carbons (Fsp3) is 0.0952. The normalized spacial score (nSPS) is 10.9. The lowest BCUT2D eigenvalue weighted by molar-refractivity contribution is 0.0984. The van der Waals surface area contributed by atoms with Gasteiger partial charge in [-0.15, -0.1) is 11.8 Å². The van der Waals surface area contributed by atoms with E-state index in [1.807, 2.05) is 73.0 Å². The zero-order chi connectivity index (χ0) is 18.6. The average molecular weight is 392 g/mol. The smallest absolute Gasteiger partial charge is 0.260 e. The minimum atomic E-state index is -0.0735. The molecule has 4 aromatic rings. The molecule has 0 bridgehead atoms. The molecule has 0 spiro atoms. The van der Waals surface area contributed by atoms with Crippen molar-refractivity contribution in [2.75, 3.05) is 11.2 Å². The van der Waals surface area contributed by atoms with Crippen LogP contribution in [0.4, 0.5) is 5.13 Å². The van der Waals surface area contributed by atoms with Gasteiger partial charge in [0.25, 0.3) is 5.91 Å². The molecule has 6 heteroatoms. The molecule has 0 saturated heterocycles. The number of hydrogen-bond donors (Lipinski definition) is 0. The van der Waals surface area contributed by atoms with Crippen LogP contribution >= 0.6 is 23.1 Å². The van der Waals surface area contributed by atoms with Gasteiger partial charge >= 0.3 is 0 Å². The van der Waals surface area contributed by atoms with Crippen LogP contribution in [0.2, 0.25) is 0 Å². The molecule has 2 aromatic carbocycles. The van der Waals surface area contributed by atoms with Gasteiger partial charge in [0.1, 0.15) is 0 Å². The molecule has 0 N–H and O–H groups in total. The maximum absolute atomic E-state index is 13.4. The van der Waals surface area contributed by atoms with Crippen molar-refractivity contribution < 1.29 is 4.79 Å². The van der Waals surface area contributed by atoms with Crippen molar-refractivity contribution in [3.8, 4) is 0 Å². The SMILES string of the molecule is CSc1cccc(C(=O)N(Cc2ccccn2)c2nc3ccccc3s2)c1. The molecule has 27 heavy (non-hydrogen) atoms. The minimum absolute atomic E-state index is 0.0735. The zero-order valence-electron chi connectivity index (χ0n) is 14.7. The van der Waals surface area contributed by atoms with E-state index < -0.39 is 0 Å². The van der Waals surface area contributed by atoms with Crippen LogP contribution < -0.4 is 4.90 Å². The third kappa shape index (κ3) is 3.86. The number of nitrogens with zero attached hydrogens (tertiary/aromatic N) is 3. The molecule has 0 radical (unpaired) electrons. The number of amides is 1. The van der Waals surface area contributed by atoms with Gasteiger partial charge in [0.15, 0.2) is 5.13 Å². The second-order valence-corrected chi connectivity index (χ2v) is 7.80. The van der Waals surface area contributed by atoms with Crippen LogP contribution in [0.5, 0.6) is 0 Å². The molecule has 134 valence electrons. The largest absolute Gasteiger partial charge is 0.278 e. The van der Waals surface area contributed by atoms with Crippen LogP contribution in [0.25, 0.3) is 10.2 Å². The molecular weight excluding hydrogens is 374 g/mol. The summed E-state index contributed by atoms with van der Waals surface area (Å²) in [6, 6.07) is 21.3. The summed E-state index contributed by atoms with van der Waals surface area (Å²) in [5.41, 5.74) is 2.37. The number of thiazole rings is 1. The summed E-state index contributed by atoms with van der Waals surface area (Å²) in [5.74, 6) is -0.0735. The summed E-state index contributed by atoms with van der Waals surface area (Å²) in [7, 11) is 0. The van der Waals surface area contributed by atoms with E-state index in [1.54, 1.807) is 22.9 Å². The lowest BCUT2D eigenvalue weighted by Gasteiger charge is -2.20. The predicted octanol–water partition coefficient (Wildman–Crippen LogP) is 5.26. The van der Waals surface area contributed by atoms with Gasteiger partial charge in [0.2, 0.25) is 0 Å². The molecule has 0 atom stereocenters. The molecular formula is C21H17N3OS2. The fourth-order valence-electron chi connectivity index (χ4n) is 2.77. The topological polar surface area (TPSA) is 46.1 Å². The van der Waals surface area contributed by atoms with Gasteiger partial charge < -0.3 is 0 Å². The standard InChI is InChI=1S/C21H17N3OS2/c1-26-17-9-6-7-15(13-17)20(25)24(14-16-8-4-5-12-22-16)21-23-18-10-2-3-11-19(18)27-21/h2-13H,14H2,1H3. The lowest BCUT2D eigenvalue weighted by atomic mass is 10.2. The Morgan fingerprint density at radius 3 is 2.70 bits per heavy atom. The van der Waals surface area contributed by atoms with Crippen molar-refractivity contribution in [1.29, 1.82) is 0 Å². The van der Waals surface area contributed by atoms with Crippen molar-refractivity contribution in [2.45, 2.75) is 11.4 Å². The van der Waals surface area contributed by atoms with E-state index in [-0.39, 0.29) is 5.91 Å². The first-order valence-corrected chi connectivity index (χ1v) is 10.5. The number of carbonyl (C=O) groups excluding carboxylic acids is 1. The Morgan fingerprint density at radius 1 is 1.07 bits per heavy atom. The number of benzene rings is 2. The van der Waals surface area contributed by atoms with Crippen molar-refractivity contribution in [3.63, 3.8) is 0 Å². The molecule has 2 aromatic heterocycles. The summed E-state index contributed by atoms with van der Waals surface area (Å²) in [6.07, 6.45) is 3.74. The number of pyridine rings is 1. The maximum atomic E-state index is 13.4. The minimum Gasteiger partial charge on any atom is -0.278 e. The fourth-order valence-corrected chi connectivity index (χ4v) is 4.19. The Balaban J connectivity index is 1.76. The van der Waals surface area contributed by atoms with E-state index >= 15 is 0 Å². The van der Waals surface area contributed by atoms with E-state index in [0.29, 0.717) is 17.2 Å². The number of carbonyl (C=O) groups is 1. The molecule has 0 aliphatic carbocycles. The first kappa shape index (κ1) is 17.7. The number of thioether (sulfide) groups is 1. The number of aromatic nitrogens is 2. The van der Waals surface area contributed by atoms with E-state index in [1.165, 1.54) is 11.3 Å². The molecule has 0 unspecified atom stereocenters. The Morgan fingerprint density at radius 2 is 1.93 bits per heavy atom. The monoisotopic (exact) mass is 391 g/mol.